The van der Waals surface area contributed by atoms with Gasteiger partial charge in [0.2, 0.25) is 11.1 Å². The van der Waals surface area contributed by atoms with Gasteiger partial charge < -0.3 is 11.2 Å². The lowest BCUT2D eigenvalue weighted by atomic mass is 10.2. The minimum atomic E-state index is -0.0850. The highest BCUT2D eigenvalue weighted by atomic mass is 35.5. The molecule has 3 aromatic rings. The number of thiophene rings is 1. The number of halogens is 1. The SMILES string of the molecule is CC(NC(=O)CSc1nnc(-c2cccc(Cl)c2)n1N)c1cccs1. The number of nitrogens with two attached hydrogens (primary N) is 1. The maximum Gasteiger partial charge on any atom is 0.230 e. The van der Waals surface area contributed by atoms with Gasteiger partial charge in [0.05, 0.1) is 11.8 Å². The zero-order valence-corrected chi connectivity index (χ0v) is 15.7. The van der Waals surface area contributed by atoms with Gasteiger partial charge in [0.1, 0.15) is 0 Å². The first-order valence-electron chi connectivity index (χ1n) is 7.46. The van der Waals surface area contributed by atoms with Crippen molar-refractivity contribution >= 4 is 40.6 Å². The van der Waals surface area contributed by atoms with Crippen molar-refractivity contribution in [2.45, 2.75) is 18.1 Å². The van der Waals surface area contributed by atoms with Crippen molar-refractivity contribution in [2.24, 2.45) is 0 Å². The average Bonchev–Trinajstić information content (AvgIpc) is 3.23. The molecule has 1 unspecified atom stereocenters. The van der Waals surface area contributed by atoms with Gasteiger partial charge in [0.15, 0.2) is 5.82 Å². The molecule has 9 heteroatoms. The lowest BCUT2D eigenvalue weighted by Crippen LogP contribution is -2.28. The molecule has 0 fully saturated rings. The fourth-order valence-corrected chi connectivity index (χ4v) is 3.81. The number of hydrogen-bond donors (Lipinski definition) is 2. The largest absolute Gasteiger partial charge is 0.348 e. The van der Waals surface area contributed by atoms with Crippen LogP contribution in [-0.4, -0.2) is 26.5 Å². The number of nitrogen functional groups attached to an aromatic ring is 1. The van der Waals surface area contributed by atoms with E-state index < -0.39 is 0 Å². The third-order valence-corrected chi connectivity index (χ3v) is 5.66. The Labute approximate surface area is 158 Å². The van der Waals surface area contributed by atoms with E-state index in [-0.39, 0.29) is 17.7 Å². The molecule has 0 radical (unpaired) electrons. The van der Waals surface area contributed by atoms with Crippen LogP contribution in [0.2, 0.25) is 5.02 Å². The number of amides is 1. The standard InChI is InChI=1S/C16H16ClN5OS2/c1-10(13-6-3-7-24-13)19-14(23)9-25-16-21-20-15(22(16)18)11-4-2-5-12(17)8-11/h2-8,10H,9,18H2,1H3,(H,19,23). The van der Waals surface area contributed by atoms with Crippen molar-refractivity contribution in [3.63, 3.8) is 0 Å². The van der Waals surface area contributed by atoms with Crippen LogP contribution < -0.4 is 11.2 Å². The molecule has 1 atom stereocenters. The van der Waals surface area contributed by atoms with Gasteiger partial charge in [0.25, 0.3) is 0 Å². The molecule has 0 saturated heterocycles. The number of carbonyl (C=O) groups is 1. The summed E-state index contributed by atoms with van der Waals surface area (Å²) in [5, 5.41) is 14.1. The summed E-state index contributed by atoms with van der Waals surface area (Å²) in [5.74, 6) is 6.67. The van der Waals surface area contributed by atoms with E-state index in [2.05, 4.69) is 15.5 Å². The number of nitrogens with zero attached hydrogens (tertiary/aromatic N) is 3. The lowest BCUT2D eigenvalue weighted by molar-refractivity contribution is -0.119. The Morgan fingerprint density at radius 2 is 2.24 bits per heavy atom. The second-order valence-corrected chi connectivity index (χ2v) is 7.64. The summed E-state index contributed by atoms with van der Waals surface area (Å²) < 4.78 is 1.37. The number of nitrogens with one attached hydrogen (secondary N) is 1. The van der Waals surface area contributed by atoms with Gasteiger partial charge in [0, 0.05) is 15.5 Å². The molecule has 1 aromatic carbocycles. The zero-order valence-electron chi connectivity index (χ0n) is 13.3. The van der Waals surface area contributed by atoms with Gasteiger partial charge >= 0.3 is 0 Å². The Kier molecular flexibility index (Phi) is 5.62. The highest BCUT2D eigenvalue weighted by molar-refractivity contribution is 7.99. The number of benzene rings is 1. The number of aromatic nitrogens is 3. The number of rotatable bonds is 6. The van der Waals surface area contributed by atoms with Crippen molar-refractivity contribution in [2.75, 3.05) is 11.6 Å². The van der Waals surface area contributed by atoms with Gasteiger partial charge in [-0.3, -0.25) is 4.79 Å². The minimum Gasteiger partial charge on any atom is -0.348 e. The van der Waals surface area contributed by atoms with Crippen LogP contribution in [0.4, 0.5) is 0 Å². The minimum absolute atomic E-state index is 0.0223. The van der Waals surface area contributed by atoms with Crippen LogP contribution in [0.15, 0.2) is 46.9 Å². The topological polar surface area (TPSA) is 85.8 Å². The fourth-order valence-electron chi connectivity index (χ4n) is 2.22. The van der Waals surface area contributed by atoms with Gasteiger partial charge in [-0.05, 0) is 30.5 Å². The number of hydrogen-bond acceptors (Lipinski definition) is 6. The molecule has 0 saturated carbocycles. The normalized spacial score (nSPS) is 12.1. The molecule has 0 aliphatic carbocycles. The molecule has 1 amide bonds. The molecule has 0 spiro atoms. The fraction of sp³-hybridized carbons (Fsp3) is 0.188. The van der Waals surface area contributed by atoms with Crippen molar-refractivity contribution in [1.29, 1.82) is 0 Å². The smallest absolute Gasteiger partial charge is 0.230 e. The van der Waals surface area contributed by atoms with Crippen molar-refractivity contribution < 1.29 is 4.79 Å². The molecule has 3 rings (SSSR count). The Balaban J connectivity index is 1.61. The quantitative estimate of drug-likeness (QED) is 0.495. The summed E-state index contributed by atoms with van der Waals surface area (Å²) in [7, 11) is 0. The summed E-state index contributed by atoms with van der Waals surface area (Å²) >= 11 is 8.84. The molecular weight excluding hydrogens is 378 g/mol. The molecule has 130 valence electrons. The van der Waals surface area contributed by atoms with Gasteiger partial charge in [-0.2, -0.15) is 0 Å². The predicted molar refractivity (Wildman–Crippen MR) is 102 cm³/mol. The van der Waals surface area contributed by atoms with Gasteiger partial charge in [-0.15, -0.1) is 21.5 Å². The summed E-state index contributed by atoms with van der Waals surface area (Å²) in [5.41, 5.74) is 0.769. The lowest BCUT2D eigenvalue weighted by Gasteiger charge is -2.11. The van der Waals surface area contributed by atoms with E-state index in [9.17, 15) is 4.79 Å². The number of carbonyl (C=O) groups excluding carboxylic acids is 1. The molecule has 3 N–H and O–H groups in total. The molecule has 2 aromatic heterocycles. The molecule has 0 bridgehead atoms. The van der Waals surface area contributed by atoms with Crippen LogP contribution >= 0.6 is 34.7 Å². The first-order chi connectivity index (χ1) is 12.0. The van der Waals surface area contributed by atoms with Crippen LogP contribution in [0, 0.1) is 0 Å². The maximum absolute atomic E-state index is 12.1. The second-order valence-electron chi connectivity index (χ2n) is 5.28. The maximum atomic E-state index is 12.1. The molecule has 0 aliphatic heterocycles. The molecule has 2 heterocycles. The van der Waals surface area contributed by atoms with Gasteiger partial charge in [-0.1, -0.05) is 41.6 Å². The van der Waals surface area contributed by atoms with Crippen LogP contribution in [-0.2, 0) is 4.79 Å². The second kappa shape index (κ2) is 7.90. The zero-order chi connectivity index (χ0) is 17.8. The highest BCUT2D eigenvalue weighted by Gasteiger charge is 2.15. The van der Waals surface area contributed by atoms with E-state index in [0.29, 0.717) is 16.0 Å². The first kappa shape index (κ1) is 17.8. The third kappa shape index (κ3) is 4.33. The Bertz CT molecular complexity index is 865. The average molecular weight is 394 g/mol. The van der Waals surface area contributed by atoms with Crippen molar-refractivity contribution in [1.82, 2.24) is 20.2 Å². The Morgan fingerprint density at radius 1 is 1.40 bits per heavy atom. The van der Waals surface area contributed by atoms with Crippen LogP contribution in [0.1, 0.15) is 17.8 Å². The monoisotopic (exact) mass is 393 g/mol. The van der Waals surface area contributed by atoms with E-state index in [1.807, 2.05) is 36.6 Å². The molecular formula is C16H16ClN5OS2. The predicted octanol–water partition coefficient (Wildman–Crippen LogP) is 3.34. The van der Waals surface area contributed by atoms with Crippen LogP contribution in [0.25, 0.3) is 11.4 Å². The summed E-state index contributed by atoms with van der Waals surface area (Å²) in [6, 6.07) is 11.1. The summed E-state index contributed by atoms with van der Waals surface area (Å²) in [6.45, 7) is 1.96. The van der Waals surface area contributed by atoms with Crippen LogP contribution in [0.3, 0.4) is 0 Å². The Morgan fingerprint density at radius 3 is 2.96 bits per heavy atom. The first-order valence-corrected chi connectivity index (χ1v) is 9.71. The van der Waals surface area contributed by atoms with Crippen molar-refractivity contribution in [3.8, 4) is 11.4 Å². The van der Waals surface area contributed by atoms with E-state index in [1.165, 1.54) is 16.4 Å². The molecule has 25 heavy (non-hydrogen) atoms. The van der Waals surface area contributed by atoms with E-state index in [4.69, 9.17) is 17.4 Å². The third-order valence-electron chi connectivity index (χ3n) is 3.43. The van der Waals surface area contributed by atoms with E-state index >= 15 is 0 Å². The van der Waals surface area contributed by atoms with E-state index in [1.54, 1.807) is 23.5 Å². The molecule has 6 nitrogen and oxygen atoms in total. The summed E-state index contributed by atoms with van der Waals surface area (Å²) in [6.07, 6.45) is 0. The van der Waals surface area contributed by atoms with Gasteiger partial charge in [-0.25, -0.2) is 4.68 Å². The highest BCUT2D eigenvalue weighted by Crippen LogP contribution is 2.24. The summed E-state index contributed by atoms with van der Waals surface area (Å²) in [4.78, 5) is 13.2. The Hall–Kier alpha value is -2.03. The molecule has 0 aliphatic rings. The van der Waals surface area contributed by atoms with E-state index in [0.717, 1.165) is 10.4 Å². The number of thioether (sulfide) groups is 1. The van der Waals surface area contributed by atoms with Crippen LogP contribution in [0.5, 0.6) is 0 Å². The van der Waals surface area contributed by atoms with Crippen molar-refractivity contribution in [3.05, 3.63) is 51.7 Å².